The van der Waals surface area contributed by atoms with E-state index in [0.29, 0.717) is 24.4 Å². The molecule has 0 radical (unpaired) electrons. The standard InChI is InChI=1S/C26H28N6O8/c1-14(33)37-24-20-11-19(36)22-23(17-7-5-4-6-8-17)32(30-28-22)10-9-18-12-31(29-27-18)13-21(40-20)25(38-15(2)34)26(24)39-16(3)35/h4-8,12,20-21,24-26H,9-11,13H2,1-3H3/t20-,21+,24-,25+,26+/m0/s1. The first-order valence-electron chi connectivity index (χ1n) is 12.8. The van der Waals surface area contributed by atoms with Crippen molar-refractivity contribution >= 4 is 23.7 Å². The Morgan fingerprint density at radius 3 is 2.20 bits per heavy atom. The molecule has 0 N–H and O–H groups in total. The highest BCUT2D eigenvalue weighted by Crippen LogP contribution is 2.33. The molecule has 2 aromatic heterocycles. The van der Waals surface area contributed by atoms with E-state index in [9.17, 15) is 19.2 Å². The molecule has 210 valence electrons. The van der Waals surface area contributed by atoms with Crippen LogP contribution < -0.4 is 0 Å². The number of aromatic nitrogens is 6. The second-order valence-corrected chi connectivity index (χ2v) is 9.62. The zero-order valence-electron chi connectivity index (χ0n) is 22.1. The highest BCUT2D eigenvalue weighted by atomic mass is 16.6. The molecule has 1 saturated heterocycles. The van der Waals surface area contributed by atoms with Crippen LogP contribution in [0.3, 0.4) is 0 Å². The summed E-state index contributed by atoms with van der Waals surface area (Å²) in [5.41, 5.74) is 2.00. The molecule has 0 amide bonds. The van der Waals surface area contributed by atoms with Gasteiger partial charge in [0.2, 0.25) is 0 Å². The number of nitrogens with zero attached hydrogens (tertiary/aromatic N) is 6. The van der Waals surface area contributed by atoms with E-state index in [1.807, 2.05) is 30.3 Å². The second-order valence-electron chi connectivity index (χ2n) is 9.62. The van der Waals surface area contributed by atoms with Crippen molar-refractivity contribution in [2.45, 2.75) is 77.2 Å². The lowest BCUT2D eigenvalue weighted by molar-refractivity contribution is -0.248. The van der Waals surface area contributed by atoms with Crippen LogP contribution in [-0.4, -0.2) is 84.2 Å². The summed E-state index contributed by atoms with van der Waals surface area (Å²) in [7, 11) is 0. The van der Waals surface area contributed by atoms with Crippen LogP contribution in [-0.2, 0) is 52.8 Å². The summed E-state index contributed by atoms with van der Waals surface area (Å²) in [5, 5.41) is 16.9. The maximum atomic E-state index is 13.8. The molecule has 6 bridgehead atoms. The van der Waals surface area contributed by atoms with Crippen molar-refractivity contribution in [3.05, 3.63) is 47.9 Å². The van der Waals surface area contributed by atoms with E-state index in [1.165, 1.54) is 25.5 Å². The highest BCUT2D eigenvalue weighted by Gasteiger charge is 2.52. The van der Waals surface area contributed by atoms with Gasteiger partial charge in [-0.15, -0.1) is 10.2 Å². The van der Waals surface area contributed by atoms with Crippen molar-refractivity contribution in [3.63, 3.8) is 0 Å². The van der Waals surface area contributed by atoms with Crippen molar-refractivity contribution in [1.29, 1.82) is 0 Å². The van der Waals surface area contributed by atoms with E-state index in [-0.39, 0.29) is 18.7 Å². The van der Waals surface area contributed by atoms with Gasteiger partial charge in [-0.1, -0.05) is 40.8 Å². The second kappa shape index (κ2) is 11.3. The molecule has 3 aromatic rings. The van der Waals surface area contributed by atoms with Crippen LogP contribution in [0.15, 0.2) is 36.5 Å². The number of Topliss-reactive ketones (excluding diaryl/α,β-unsaturated/α-hetero) is 1. The number of benzene rings is 1. The van der Waals surface area contributed by atoms with Gasteiger partial charge in [0.25, 0.3) is 0 Å². The van der Waals surface area contributed by atoms with Crippen LogP contribution in [0.2, 0.25) is 0 Å². The molecule has 4 heterocycles. The van der Waals surface area contributed by atoms with Crippen LogP contribution in [0.5, 0.6) is 0 Å². The topological polar surface area (TPSA) is 167 Å². The predicted octanol–water partition coefficient (Wildman–Crippen LogP) is 0.928. The molecule has 1 aromatic carbocycles. The molecule has 14 nitrogen and oxygen atoms in total. The maximum absolute atomic E-state index is 13.8. The molecule has 5 rings (SSSR count). The largest absolute Gasteiger partial charge is 0.456 e. The number of carbonyl (C=O) groups is 4. The third-order valence-electron chi connectivity index (χ3n) is 6.60. The van der Waals surface area contributed by atoms with Gasteiger partial charge in [-0.05, 0) is 0 Å². The van der Waals surface area contributed by atoms with E-state index >= 15 is 0 Å². The van der Waals surface area contributed by atoms with Crippen molar-refractivity contribution < 1.29 is 38.1 Å². The average Bonchev–Trinajstić information content (AvgIpc) is 3.53. The van der Waals surface area contributed by atoms with E-state index in [0.717, 1.165) is 5.56 Å². The Kier molecular flexibility index (Phi) is 7.69. The maximum Gasteiger partial charge on any atom is 0.303 e. The zero-order valence-corrected chi connectivity index (χ0v) is 22.1. The van der Waals surface area contributed by atoms with E-state index < -0.39 is 54.2 Å². The van der Waals surface area contributed by atoms with Crippen molar-refractivity contribution in [2.24, 2.45) is 0 Å². The van der Waals surface area contributed by atoms with Gasteiger partial charge in [-0.2, -0.15) is 0 Å². The van der Waals surface area contributed by atoms with Crippen LogP contribution in [0.4, 0.5) is 0 Å². The Morgan fingerprint density at radius 1 is 0.875 bits per heavy atom. The Balaban J connectivity index is 1.62. The van der Waals surface area contributed by atoms with Gasteiger partial charge in [0, 0.05) is 51.9 Å². The molecular formula is C26H28N6O8. The highest BCUT2D eigenvalue weighted by molar-refractivity contribution is 6.00. The fraction of sp³-hybridized carbons (Fsp3) is 0.462. The Hall–Kier alpha value is -4.46. The third-order valence-corrected chi connectivity index (χ3v) is 6.60. The Labute approximate surface area is 228 Å². The molecular weight excluding hydrogens is 524 g/mol. The minimum absolute atomic E-state index is 0.0522. The lowest BCUT2D eigenvalue weighted by Crippen LogP contribution is -2.62. The minimum atomic E-state index is -1.26. The van der Waals surface area contributed by atoms with Gasteiger partial charge in [0.1, 0.15) is 12.2 Å². The quantitative estimate of drug-likeness (QED) is 0.332. The summed E-state index contributed by atoms with van der Waals surface area (Å²) < 4.78 is 26.1. The summed E-state index contributed by atoms with van der Waals surface area (Å²) in [6, 6.07) is 9.24. The molecule has 0 saturated carbocycles. The van der Waals surface area contributed by atoms with Crippen molar-refractivity contribution in [2.75, 3.05) is 0 Å². The van der Waals surface area contributed by atoms with Crippen molar-refractivity contribution in [1.82, 2.24) is 30.0 Å². The van der Waals surface area contributed by atoms with Gasteiger partial charge in [0.15, 0.2) is 29.8 Å². The number of rotatable bonds is 4. The first-order chi connectivity index (χ1) is 19.2. The number of ketones is 1. The van der Waals surface area contributed by atoms with Crippen LogP contribution in [0.1, 0.15) is 43.4 Å². The van der Waals surface area contributed by atoms with E-state index in [1.54, 1.807) is 10.9 Å². The predicted molar refractivity (Wildman–Crippen MR) is 133 cm³/mol. The van der Waals surface area contributed by atoms with Gasteiger partial charge >= 0.3 is 17.9 Å². The molecule has 0 aliphatic carbocycles. The number of hydrogen-bond donors (Lipinski definition) is 0. The third kappa shape index (κ3) is 5.76. The molecule has 0 spiro atoms. The fourth-order valence-corrected chi connectivity index (χ4v) is 5.06. The summed E-state index contributed by atoms with van der Waals surface area (Å²) in [6.45, 7) is 4.00. The molecule has 5 atom stereocenters. The first-order valence-corrected chi connectivity index (χ1v) is 12.8. The summed E-state index contributed by atoms with van der Waals surface area (Å²) in [6.07, 6.45) is -3.83. The zero-order chi connectivity index (χ0) is 28.4. The molecule has 2 aliphatic heterocycles. The smallest absolute Gasteiger partial charge is 0.303 e. The molecule has 2 aliphatic rings. The Bertz CT molecular complexity index is 1420. The lowest BCUT2D eigenvalue weighted by Gasteiger charge is -2.44. The van der Waals surface area contributed by atoms with Crippen molar-refractivity contribution in [3.8, 4) is 11.3 Å². The molecule has 1 fully saturated rings. The summed E-state index contributed by atoms with van der Waals surface area (Å²) in [5.74, 6) is -2.48. The molecule has 14 heteroatoms. The van der Waals surface area contributed by atoms with Gasteiger partial charge in [0.05, 0.1) is 17.9 Å². The average molecular weight is 553 g/mol. The molecule has 40 heavy (non-hydrogen) atoms. The number of carbonyl (C=O) groups excluding carboxylic acids is 4. The lowest BCUT2D eigenvalue weighted by atomic mass is 9.90. The monoisotopic (exact) mass is 552 g/mol. The Morgan fingerprint density at radius 2 is 1.52 bits per heavy atom. The summed E-state index contributed by atoms with van der Waals surface area (Å²) in [4.78, 5) is 50.1. The van der Waals surface area contributed by atoms with Crippen LogP contribution >= 0.6 is 0 Å². The first kappa shape index (κ1) is 27.1. The number of fused-ring (bicyclic) bond motifs is 6. The SMILES string of the molecule is CC(=O)O[C@@H]1[C@@H](OC(C)=O)[C@@H]2CC(=O)c3nnn(c3-c3ccccc3)CCc3cn(nn3)C[C@@H](O2)[C@H]1OC(C)=O. The minimum Gasteiger partial charge on any atom is -0.456 e. The van der Waals surface area contributed by atoms with Crippen LogP contribution in [0.25, 0.3) is 11.3 Å². The van der Waals surface area contributed by atoms with Gasteiger partial charge in [-0.25, -0.2) is 9.36 Å². The van der Waals surface area contributed by atoms with E-state index in [4.69, 9.17) is 18.9 Å². The number of esters is 3. The number of aryl methyl sites for hydroxylation is 2. The van der Waals surface area contributed by atoms with E-state index in [2.05, 4.69) is 20.6 Å². The fourth-order valence-electron chi connectivity index (χ4n) is 5.06. The number of ether oxygens (including phenoxy) is 4. The number of hydrogen-bond acceptors (Lipinski definition) is 12. The van der Waals surface area contributed by atoms with Crippen LogP contribution in [0, 0.1) is 0 Å². The van der Waals surface area contributed by atoms with Gasteiger partial charge in [-0.3, -0.25) is 19.2 Å². The normalized spacial score (nSPS) is 24.5. The summed E-state index contributed by atoms with van der Waals surface area (Å²) >= 11 is 0. The molecule has 0 unspecified atom stereocenters. The van der Waals surface area contributed by atoms with Gasteiger partial charge < -0.3 is 18.9 Å².